The van der Waals surface area contributed by atoms with Crippen molar-refractivity contribution in [1.82, 2.24) is 0 Å². The molecule has 2 nitrogen and oxygen atoms in total. The van der Waals surface area contributed by atoms with Crippen molar-refractivity contribution in [2.75, 3.05) is 19.1 Å². The van der Waals surface area contributed by atoms with Crippen LogP contribution in [-0.4, -0.2) is 28.6 Å². The number of ether oxygens (including phenoxy) is 1. The van der Waals surface area contributed by atoms with Crippen LogP contribution in [0.4, 0.5) is 0 Å². The number of methoxy groups -OCH3 is 1. The molecule has 0 radical (unpaired) electrons. The van der Waals surface area contributed by atoms with E-state index in [2.05, 4.69) is 4.74 Å². The quantitative estimate of drug-likeness (QED) is 0.493. The summed E-state index contributed by atoms with van der Waals surface area (Å²) in [7, 11) is 1.37. The highest BCUT2D eigenvalue weighted by molar-refractivity contribution is 8.47. The molecule has 0 aromatic carbocycles. The van der Waals surface area contributed by atoms with Crippen molar-refractivity contribution < 1.29 is 9.53 Å². The van der Waals surface area contributed by atoms with E-state index in [1.807, 2.05) is 6.26 Å². The van der Waals surface area contributed by atoms with E-state index in [9.17, 15) is 4.79 Å². The lowest BCUT2D eigenvalue weighted by Crippen LogP contribution is -2.03. The molecule has 0 heterocycles. The Morgan fingerprint density at radius 3 is 2.70 bits per heavy atom. The van der Waals surface area contributed by atoms with Crippen molar-refractivity contribution in [3.05, 3.63) is 0 Å². The third kappa shape index (κ3) is 5.08. The minimum atomic E-state index is -0.235. The standard InChI is InChI=1S/C5H8O2S3/c1-7-4(6)3-10-5(8)9-2/h3H2,1-2H3. The van der Waals surface area contributed by atoms with E-state index in [0.717, 1.165) is 3.53 Å². The van der Waals surface area contributed by atoms with Gasteiger partial charge in [-0.15, -0.1) is 11.8 Å². The highest BCUT2D eigenvalue weighted by atomic mass is 32.2. The zero-order chi connectivity index (χ0) is 7.98. The maximum absolute atomic E-state index is 10.5. The molecule has 58 valence electrons. The summed E-state index contributed by atoms with van der Waals surface area (Å²) in [4.78, 5) is 10.5. The van der Waals surface area contributed by atoms with Gasteiger partial charge in [-0.25, -0.2) is 0 Å². The molecule has 0 atom stereocenters. The van der Waals surface area contributed by atoms with Crippen LogP contribution < -0.4 is 0 Å². The van der Waals surface area contributed by atoms with Gasteiger partial charge in [0.05, 0.1) is 12.9 Å². The Balaban J connectivity index is 3.35. The third-order valence-corrected chi connectivity index (χ3v) is 3.36. The summed E-state index contributed by atoms with van der Waals surface area (Å²) in [5.41, 5.74) is 0. The molecule has 0 bridgehead atoms. The van der Waals surface area contributed by atoms with Crippen LogP contribution >= 0.6 is 35.7 Å². The van der Waals surface area contributed by atoms with Gasteiger partial charge in [-0.2, -0.15) is 0 Å². The smallest absolute Gasteiger partial charge is 0.316 e. The van der Waals surface area contributed by atoms with E-state index in [1.54, 1.807) is 0 Å². The summed E-state index contributed by atoms with van der Waals surface area (Å²) in [6.07, 6.45) is 1.88. The van der Waals surface area contributed by atoms with Crippen molar-refractivity contribution in [3.8, 4) is 0 Å². The van der Waals surface area contributed by atoms with Crippen LogP contribution in [0.2, 0.25) is 0 Å². The topological polar surface area (TPSA) is 26.3 Å². The average Bonchev–Trinajstić information content (AvgIpc) is 1.99. The normalized spacial score (nSPS) is 9.00. The molecule has 0 amide bonds. The van der Waals surface area contributed by atoms with Gasteiger partial charge in [0, 0.05) is 0 Å². The van der Waals surface area contributed by atoms with Gasteiger partial charge in [-0.05, 0) is 6.26 Å². The SMILES string of the molecule is COC(=O)CSC(=S)SC. The summed E-state index contributed by atoms with van der Waals surface area (Å²) in [5.74, 6) is 0.0808. The number of thioether (sulfide) groups is 2. The zero-order valence-electron chi connectivity index (χ0n) is 5.75. The molecule has 0 aromatic rings. The molecule has 0 N–H and O–H groups in total. The van der Waals surface area contributed by atoms with Crippen molar-refractivity contribution in [3.63, 3.8) is 0 Å². The molecule has 0 spiro atoms. The summed E-state index contributed by atoms with van der Waals surface area (Å²) in [5, 5.41) is 0. The maximum Gasteiger partial charge on any atom is 0.316 e. The van der Waals surface area contributed by atoms with Crippen LogP contribution in [0, 0.1) is 0 Å². The number of rotatable bonds is 2. The fraction of sp³-hybridized carbons (Fsp3) is 0.600. The van der Waals surface area contributed by atoms with E-state index in [1.165, 1.54) is 30.6 Å². The molecule has 0 unspecified atom stereocenters. The first-order chi connectivity index (χ1) is 4.70. The fourth-order valence-electron chi connectivity index (χ4n) is 0.236. The lowest BCUT2D eigenvalue weighted by molar-refractivity contribution is -0.137. The van der Waals surface area contributed by atoms with Crippen LogP contribution in [-0.2, 0) is 9.53 Å². The number of hydrogen-bond donors (Lipinski definition) is 0. The summed E-state index contributed by atoms with van der Waals surface area (Å²) < 4.78 is 5.19. The summed E-state index contributed by atoms with van der Waals surface area (Å²) in [6.45, 7) is 0. The zero-order valence-corrected chi connectivity index (χ0v) is 8.20. The highest BCUT2D eigenvalue weighted by Crippen LogP contribution is 2.13. The number of hydrogen-bond acceptors (Lipinski definition) is 5. The predicted octanol–water partition coefficient (Wildman–Crippen LogP) is 1.54. The predicted molar refractivity (Wildman–Crippen MR) is 50.6 cm³/mol. The second kappa shape index (κ2) is 6.00. The number of thiocarbonyl (C=S) groups is 1. The Hall–Kier alpha value is 0.260. The molecule has 0 saturated heterocycles. The van der Waals surface area contributed by atoms with E-state index in [-0.39, 0.29) is 5.97 Å². The average molecular weight is 196 g/mol. The van der Waals surface area contributed by atoms with Gasteiger partial charge in [0.1, 0.15) is 3.53 Å². The molecule has 5 heteroatoms. The first-order valence-electron chi connectivity index (χ1n) is 2.48. The van der Waals surface area contributed by atoms with E-state index >= 15 is 0 Å². The van der Waals surface area contributed by atoms with Gasteiger partial charge in [0.25, 0.3) is 0 Å². The van der Waals surface area contributed by atoms with E-state index < -0.39 is 0 Å². The molecule has 0 saturated carbocycles. The Morgan fingerprint density at radius 2 is 2.30 bits per heavy atom. The number of carbonyl (C=O) groups excluding carboxylic acids is 1. The summed E-state index contributed by atoms with van der Waals surface area (Å²) in [6, 6.07) is 0. The van der Waals surface area contributed by atoms with Gasteiger partial charge >= 0.3 is 5.97 Å². The number of esters is 1. The second-order valence-electron chi connectivity index (χ2n) is 1.32. The molecule has 10 heavy (non-hydrogen) atoms. The third-order valence-electron chi connectivity index (χ3n) is 0.702. The van der Waals surface area contributed by atoms with Crippen LogP contribution in [0.25, 0.3) is 0 Å². The second-order valence-corrected chi connectivity index (χ2v) is 4.30. The van der Waals surface area contributed by atoms with E-state index in [4.69, 9.17) is 12.2 Å². The molecular weight excluding hydrogens is 188 g/mol. The number of carbonyl (C=O) groups is 1. The molecule has 0 aromatic heterocycles. The lowest BCUT2D eigenvalue weighted by Gasteiger charge is -1.97. The van der Waals surface area contributed by atoms with Crippen LogP contribution in [0.3, 0.4) is 0 Å². The van der Waals surface area contributed by atoms with Crippen LogP contribution in [0.5, 0.6) is 0 Å². The Morgan fingerprint density at radius 1 is 1.70 bits per heavy atom. The largest absolute Gasteiger partial charge is 0.468 e. The molecule has 0 aliphatic carbocycles. The van der Waals surface area contributed by atoms with Crippen LogP contribution in [0.15, 0.2) is 0 Å². The van der Waals surface area contributed by atoms with Gasteiger partial charge in [0.15, 0.2) is 0 Å². The van der Waals surface area contributed by atoms with Crippen molar-refractivity contribution in [2.24, 2.45) is 0 Å². The van der Waals surface area contributed by atoms with Gasteiger partial charge in [-0.3, -0.25) is 4.79 Å². The van der Waals surface area contributed by atoms with Crippen molar-refractivity contribution in [2.45, 2.75) is 0 Å². The lowest BCUT2D eigenvalue weighted by atomic mass is 10.8. The van der Waals surface area contributed by atoms with Gasteiger partial charge in [0.2, 0.25) is 0 Å². The molecular formula is C5H8O2S3. The first-order valence-corrected chi connectivity index (χ1v) is 5.10. The molecule has 0 rings (SSSR count). The van der Waals surface area contributed by atoms with Crippen molar-refractivity contribution in [1.29, 1.82) is 0 Å². The van der Waals surface area contributed by atoms with Gasteiger partial charge < -0.3 is 4.74 Å². The minimum Gasteiger partial charge on any atom is -0.468 e. The molecule has 0 fully saturated rings. The Labute approximate surface area is 74.1 Å². The molecule has 0 aliphatic rings. The fourth-order valence-corrected chi connectivity index (χ4v) is 1.41. The minimum absolute atomic E-state index is 0.235. The molecule has 0 aliphatic heterocycles. The first kappa shape index (κ1) is 10.3. The maximum atomic E-state index is 10.5. The monoisotopic (exact) mass is 196 g/mol. The Kier molecular flexibility index (Phi) is 6.16. The van der Waals surface area contributed by atoms with Crippen molar-refractivity contribution >= 4 is 45.2 Å². The highest BCUT2D eigenvalue weighted by Gasteiger charge is 2.01. The summed E-state index contributed by atoms with van der Waals surface area (Å²) >= 11 is 7.63. The van der Waals surface area contributed by atoms with Gasteiger partial charge in [-0.1, -0.05) is 24.0 Å². The van der Waals surface area contributed by atoms with E-state index in [0.29, 0.717) is 5.75 Å². The Bertz CT molecular complexity index is 119. The van der Waals surface area contributed by atoms with Crippen LogP contribution in [0.1, 0.15) is 0 Å².